The molecule has 2 rings (SSSR count). The zero-order valence-corrected chi connectivity index (χ0v) is 10.9. The third kappa shape index (κ3) is 3.14. The maximum absolute atomic E-state index is 12.0. The van der Waals surface area contributed by atoms with Crippen LogP contribution in [-0.4, -0.2) is 26.2 Å². The molecule has 0 aliphatic heterocycles. The molecule has 100 valence electrons. The summed E-state index contributed by atoms with van der Waals surface area (Å²) in [5, 5.41) is 7.03. The second-order valence-electron chi connectivity index (χ2n) is 4.00. The van der Waals surface area contributed by atoms with Crippen LogP contribution in [0.3, 0.4) is 0 Å². The molecule has 2 aromatic rings. The van der Waals surface area contributed by atoms with Crippen LogP contribution in [0.2, 0.25) is 5.02 Å². The smallest absolute Gasteiger partial charge is 0.272 e. The number of hydrogen-bond acceptors (Lipinski definition) is 3. The molecule has 0 radical (unpaired) electrons. The molecule has 2 heterocycles. The predicted octanol–water partition coefficient (Wildman–Crippen LogP) is 0.613. The molecular formula is C11H12ClN5O2. The van der Waals surface area contributed by atoms with Gasteiger partial charge in [-0.1, -0.05) is 11.6 Å². The highest BCUT2D eigenvalue weighted by atomic mass is 35.5. The van der Waals surface area contributed by atoms with E-state index in [0.29, 0.717) is 16.4 Å². The standard InChI is InChI=1S/C11H12ClN5O2/c1-16-4-7(12)2-9(16)11(19)15-8-3-14-17(5-8)6-10(13)18/h2-5H,6H2,1H3,(H2,13,18)(H,15,19). The number of nitrogens with zero attached hydrogens (tertiary/aromatic N) is 3. The fraction of sp³-hybridized carbons (Fsp3) is 0.182. The van der Waals surface area contributed by atoms with Gasteiger partial charge in [0.1, 0.15) is 12.2 Å². The summed E-state index contributed by atoms with van der Waals surface area (Å²) in [7, 11) is 1.72. The first-order valence-electron chi connectivity index (χ1n) is 5.39. The van der Waals surface area contributed by atoms with Crippen molar-refractivity contribution in [3.05, 3.63) is 35.4 Å². The zero-order valence-electron chi connectivity index (χ0n) is 10.1. The van der Waals surface area contributed by atoms with E-state index in [9.17, 15) is 9.59 Å². The Morgan fingerprint density at radius 1 is 1.47 bits per heavy atom. The third-order valence-corrected chi connectivity index (χ3v) is 2.62. The number of anilines is 1. The van der Waals surface area contributed by atoms with Gasteiger partial charge in [0.2, 0.25) is 5.91 Å². The normalized spacial score (nSPS) is 10.4. The molecule has 2 aromatic heterocycles. The van der Waals surface area contributed by atoms with Gasteiger partial charge < -0.3 is 15.6 Å². The van der Waals surface area contributed by atoms with Crippen LogP contribution >= 0.6 is 11.6 Å². The number of halogens is 1. The van der Waals surface area contributed by atoms with Crippen molar-refractivity contribution in [2.45, 2.75) is 6.54 Å². The minimum absolute atomic E-state index is 0.0359. The van der Waals surface area contributed by atoms with Crippen LogP contribution in [0, 0.1) is 0 Å². The molecule has 0 saturated heterocycles. The number of amides is 2. The molecule has 19 heavy (non-hydrogen) atoms. The highest BCUT2D eigenvalue weighted by molar-refractivity contribution is 6.31. The lowest BCUT2D eigenvalue weighted by Crippen LogP contribution is -2.19. The molecule has 0 aliphatic carbocycles. The fourth-order valence-electron chi connectivity index (χ4n) is 1.62. The number of nitrogens with one attached hydrogen (secondary N) is 1. The van der Waals surface area contributed by atoms with Gasteiger partial charge in [-0.3, -0.25) is 14.3 Å². The number of rotatable bonds is 4. The second kappa shape index (κ2) is 5.15. The van der Waals surface area contributed by atoms with Crippen molar-refractivity contribution < 1.29 is 9.59 Å². The first kappa shape index (κ1) is 13.2. The molecule has 0 atom stereocenters. The van der Waals surface area contributed by atoms with E-state index in [1.165, 1.54) is 17.1 Å². The Hall–Kier alpha value is -2.28. The molecule has 0 saturated carbocycles. The SMILES string of the molecule is Cn1cc(Cl)cc1C(=O)Nc1cnn(CC(N)=O)c1. The molecule has 0 aromatic carbocycles. The Morgan fingerprint density at radius 2 is 2.21 bits per heavy atom. The Balaban J connectivity index is 2.09. The number of primary amides is 1. The predicted molar refractivity (Wildman–Crippen MR) is 69.8 cm³/mol. The highest BCUT2D eigenvalue weighted by Crippen LogP contribution is 2.14. The van der Waals surface area contributed by atoms with Crippen LogP contribution in [0.25, 0.3) is 0 Å². The van der Waals surface area contributed by atoms with E-state index < -0.39 is 5.91 Å². The molecule has 7 nitrogen and oxygen atoms in total. The minimum Gasteiger partial charge on any atom is -0.368 e. The molecule has 0 aliphatic rings. The lowest BCUT2D eigenvalue weighted by Gasteiger charge is -2.03. The van der Waals surface area contributed by atoms with E-state index in [2.05, 4.69) is 10.4 Å². The molecule has 0 unspecified atom stereocenters. The van der Waals surface area contributed by atoms with Crippen LogP contribution in [0.15, 0.2) is 24.7 Å². The fourth-order valence-corrected chi connectivity index (χ4v) is 1.87. The summed E-state index contributed by atoms with van der Waals surface area (Å²) >= 11 is 5.81. The molecule has 0 bridgehead atoms. The first-order valence-corrected chi connectivity index (χ1v) is 5.77. The Kier molecular flexibility index (Phi) is 3.57. The Labute approximate surface area is 113 Å². The summed E-state index contributed by atoms with van der Waals surface area (Å²) < 4.78 is 2.96. The van der Waals surface area contributed by atoms with Gasteiger partial charge in [0.25, 0.3) is 5.91 Å². The van der Waals surface area contributed by atoms with Crippen LogP contribution in [0.5, 0.6) is 0 Å². The first-order chi connectivity index (χ1) is 8.95. The van der Waals surface area contributed by atoms with E-state index in [0.717, 1.165) is 0 Å². The van der Waals surface area contributed by atoms with Gasteiger partial charge in [-0.05, 0) is 6.07 Å². The van der Waals surface area contributed by atoms with Crippen molar-refractivity contribution >= 4 is 29.1 Å². The van der Waals surface area contributed by atoms with Crippen molar-refractivity contribution in [2.24, 2.45) is 12.8 Å². The summed E-state index contributed by atoms with van der Waals surface area (Å²) in [4.78, 5) is 22.7. The number of carbonyl (C=O) groups excluding carboxylic acids is 2. The van der Waals surface area contributed by atoms with Crippen LogP contribution in [0.4, 0.5) is 5.69 Å². The van der Waals surface area contributed by atoms with Crippen molar-refractivity contribution in [2.75, 3.05) is 5.32 Å². The van der Waals surface area contributed by atoms with Crippen LogP contribution < -0.4 is 11.1 Å². The van der Waals surface area contributed by atoms with E-state index in [-0.39, 0.29) is 12.5 Å². The largest absolute Gasteiger partial charge is 0.368 e. The van der Waals surface area contributed by atoms with Crippen molar-refractivity contribution in [1.29, 1.82) is 0 Å². The van der Waals surface area contributed by atoms with E-state index in [1.54, 1.807) is 23.9 Å². The topological polar surface area (TPSA) is 94.9 Å². The summed E-state index contributed by atoms with van der Waals surface area (Å²) in [6.07, 6.45) is 4.59. The molecule has 2 amide bonds. The van der Waals surface area contributed by atoms with Gasteiger partial charge in [0, 0.05) is 19.4 Å². The maximum Gasteiger partial charge on any atom is 0.272 e. The number of aryl methyl sites for hydroxylation is 1. The summed E-state index contributed by atoms with van der Waals surface area (Å²) in [5.41, 5.74) is 5.94. The van der Waals surface area contributed by atoms with Crippen molar-refractivity contribution in [1.82, 2.24) is 14.3 Å². The highest BCUT2D eigenvalue weighted by Gasteiger charge is 2.12. The van der Waals surface area contributed by atoms with E-state index in [4.69, 9.17) is 17.3 Å². The van der Waals surface area contributed by atoms with E-state index in [1.807, 2.05) is 0 Å². The molecule has 0 spiro atoms. The summed E-state index contributed by atoms with van der Waals surface area (Å²) in [6.45, 7) is -0.0359. The Bertz CT molecular complexity index is 631. The molecular weight excluding hydrogens is 270 g/mol. The van der Waals surface area contributed by atoms with Crippen LogP contribution in [-0.2, 0) is 18.4 Å². The van der Waals surface area contributed by atoms with Crippen LogP contribution in [0.1, 0.15) is 10.5 Å². The van der Waals surface area contributed by atoms with E-state index >= 15 is 0 Å². The zero-order chi connectivity index (χ0) is 14.0. The lowest BCUT2D eigenvalue weighted by molar-refractivity contribution is -0.118. The summed E-state index contributed by atoms with van der Waals surface area (Å²) in [6, 6.07) is 1.56. The monoisotopic (exact) mass is 281 g/mol. The lowest BCUT2D eigenvalue weighted by atomic mass is 10.4. The second-order valence-corrected chi connectivity index (χ2v) is 4.44. The maximum atomic E-state index is 12.0. The number of nitrogens with two attached hydrogens (primary N) is 1. The molecule has 0 fully saturated rings. The van der Waals surface area contributed by atoms with Gasteiger partial charge in [-0.15, -0.1) is 0 Å². The van der Waals surface area contributed by atoms with Crippen molar-refractivity contribution in [3.63, 3.8) is 0 Å². The van der Waals surface area contributed by atoms with Gasteiger partial charge >= 0.3 is 0 Å². The number of aromatic nitrogens is 3. The molecule has 3 N–H and O–H groups in total. The van der Waals surface area contributed by atoms with Gasteiger partial charge in [-0.2, -0.15) is 5.10 Å². The molecule has 8 heteroatoms. The van der Waals surface area contributed by atoms with Gasteiger partial charge in [0.05, 0.1) is 16.9 Å². The average Bonchev–Trinajstić information content (AvgIpc) is 2.84. The minimum atomic E-state index is -0.504. The van der Waals surface area contributed by atoms with Gasteiger partial charge in [-0.25, -0.2) is 0 Å². The Morgan fingerprint density at radius 3 is 2.79 bits per heavy atom. The number of hydrogen-bond donors (Lipinski definition) is 2. The van der Waals surface area contributed by atoms with Gasteiger partial charge in [0.15, 0.2) is 0 Å². The third-order valence-electron chi connectivity index (χ3n) is 2.41. The average molecular weight is 282 g/mol. The quantitative estimate of drug-likeness (QED) is 0.860. The number of carbonyl (C=O) groups is 2. The van der Waals surface area contributed by atoms with Crippen molar-refractivity contribution in [3.8, 4) is 0 Å². The summed E-state index contributed by atoms with van der Waals surface area (Å²) in [5.74, 6) is -0.816.